The van der Waals surface area contributed by atoms with Crippen LogP contribution in [0.3, 0.4) is 0 Å². The molecule has 0 fully saturated rings. The highest BCUT2D eigenvalue weighted by atomic mass is 16.5. The van der Waals surface area contributed by atoms with Gasteiger partial charge >= 0.3 is 5.97 Å². The first-order valence-electron chi connectivity index (χ1n) is 10.1. The normalized spacial score (nSPS) is 10.7. The average molecular weight is 429 g/mol. The van der Waals surface area contributed by atoms with E-state index in [-0.39, 0.29) is 5.91 Å². The molecule has 0 atom stereocenters. The zero-order valence-electron chi connectivity index (χ0n) is 18.0. The van der Waals surface area contributed by atoms with E-state index < -0.39 is 5.97 Å². The summed E-state index contributed by atoms with van der Waals surface area (Å²) in [6.07, 6.45) is 3.32. The van der Waals surface area contributed by atoms with Crippen LogP contribution >= 0.6 is 0 Å². The van der Waals surface area contributed by atoms with Crippen molar-refractivity contribution < 1.29 is 14.3 Å². The number of ether oxygens (including phenoxy) is 1. The van der Waals surface area contributed by atoms with Crippen LogP contribution in [0.5, 0.6) is 0 Å². The third-order valence-corrected chi connectivity index (χ3v) is 5.12. The number of hydrogen-bond acceptors (Lipinski definition) is 6. The van der Waals surface area contributed by atoms with Gasteiger partial charge in [0.1, 0.15) is 11.3 Å². The molecule has 0 aliphatic rings. The van der Waals surface area contributed by atoms with Crippen LogP contribution in [0.2, 0.25) is 0 Å². The lowest BCUT2D eigenvalue weighted by atomic mass is 10.1. The summed E-state index contributed by atoms with van der Waals surface area (Å²) in [6.45, 7) is 4.42. The Morgan fingerprint density at radius 2 is 1.88 bits per heavy atom. The summed E-state index contributed by atoms with van der Waals surface area (Å²) in [7, 11) is 1.34. The number of methoxy groups -OCH3 is 1. The van der Waals surface area contributed by atoms with Gasteiger partial charge in [-0.1, -0.05) is 6.07 Å². The van der Waals surface area contributed by atoms with Crippen molar-refractivity contribution in [3.05, 3.63) is 82.9 Å². The van der Waals surface area contributed by atoms with Crippen molar-refractivity contribution in [1.82, 2.24) is 15.0 Å². The van der Waals surface area contributed by atoms with E-state index in [1.54, 1.807) is 30.6 Å². The van der Waals surface area contributed by atoms with Crippen molar-refractivity contribution in [3.8, 4) is 0 Å². The Bertz CT molecular complexity index is 1310. The third-order valence-electron chi connectivity index (χ3n) is 5.12. The minimum atomic E-state index is -0.436. The first-order chi connectivity index (χ1) is 15.4. The van der Waals surface area contributed by atoms with Gasteiger partial charge in [-0.05, 0) is 61.4 Å². The molecule has 0 bridgehead atoms. The van der Waals surface area contributed by atoms with Gasteiger partial charge in [0.05, 0.1) is 19.0 Å². The maximum atomic E-state index is 12.5. The van der Waals surface area contributed by atoms with Crippen LogP contribution in [0.4, 0.5) is 11.4 Å². The molecule has 0 unspecified atom stereocenters. The van der Waals surface area contributed by atoms with Crippen molar-refractivity contribution in [2.45, 2.75) is 20.4 Å². The molecule has 162 valence electrons. The molecule has 0 aliphatic carbocycles. The zero-order chi connectivity index (χ0) is 22.7. The van der Waals surface area contributed by atoms with E-state index in [2.05, 4.69) is 25.6 Å². The maximum absolute atomic E-state index is 12.5. The molecular weight excluding hydrogens is 406 g/mol. The second-order valence-electron chi connectivity index (χ2n) is 7.47. The largest absolute Gasteiger partial charge is 0.464 e. The number of benzene rings is 1. The number of rotatable bonds is 6. The first-order valence-corrected chi connectivity index (χ1v) is 10.1. The van der Waals surface area contributed by atoms with E-state index in [9.17, 15) is 9.59 Å². The highest BCUT2D eigenvalue weighted by Gasteiger charge is 2.11. The number of nitrogens with one attached hydrogen (secondary N) is 3. The minimum Gasteiger partial charge on any atom is -0.464 e. The van der Waals surface area contributed by atoms with E-state index in [0.717, 1.165) is 27.9 Å². The molecule has 3 aromatic heterocycles. The van der Waals surface area contributed by atoms with E-state index in [4.69, 9.17) is 4.74 Å². The molecule has 4 aromatic rings. The second-order valence-corrected chi connectivity index (χ2v) is 7.47. The topological polar surface area (TPSA) is 109 Å². The second kappa shape index (κ2) is 8.89. The number of anilines is 2. The molecule has 0 saturated heterocycles. The molecule has 1 aromatic carbocycles. The molecule has 0 aliphatic heterocycles. The number of pyridine rings is 2. The van der Waals surface area contributed by atoms with Crippen molar-refractivity contribution in [2.24, 2.45) is 0 Å². The fourth-order valence-electron chi connectivity index (χ4n) is 3.36. The number of nitrogens with zero attached hydrogens (tertiary/aromatic N) is 2. The van der Waals surface area contributed by atoms with E-state index in [1.807, 2.05) is 38.1 Å². The number of esters is 1. The number of aromatic nitrogens is 3. The van der Waals surface area contributed by atoms with Gasteiger partial charge in [0.15, 0.2) is 0 Å². The molecule has 4 rings (SSSR count). The molecule has 32 heavy (non-hydrogen) atoms. The van der Waals surface area contributed by atoms with Crippen LogP contribution in [0, 0.1) is 13.8 Å². The van der Waals surface area contributed by atoms with Crippen LogP contribution in [0.15, 0.2) is 54.9 Å². The standard InChI is InChI=1S/C24H23N5O3/c1-14-4-5-19(28-23(30)16-6-7-25-15(2)8-16)10-18(14)12-26-20-9-17-11-21(24(31)32-3)29-22(17)27-13-20/h4-11,13,26H,12H2,1-3H3,(H,27,29)(H,28,30). The number of carbonyl (C=O) groups is 2. The first kappa shape index (κ1) is 21.0. The number of aryl methyl sites for hydroxylation is 2. The predicted molar refractivity (Wildman–Crippen MR) is 123 cm³/mol. The monoisotopic (exact) mass is 429 g/mol. The van der Waals surface area contributed by atoms with Crippen LogP contribution in [-0.2, 0) is 11.3 Å². The Balaban J connectivity index is 1.47. The summed E-state index contributed by atoms with van der Waals surface area (Å²) in [5.41, 5.74) is 5.99. The molecule has 3 N–H and O–H groups in total. The van der Waals surface area contributed by atoms with Gasteiger partial charge in [0.2, 0.25) is 0 Å². The maximum Gasteiger partial charge on any atom is 0.354 e. The summed E-state index contributed by atoms with van der Waals surface area (Å²) >= 11 is 0. The Morgan fingerprint density at radius 3 is 2.66 bits per heavy atom. The van der Waals surface area contributed by atoms with Gasteiger partial charge in [-0.15, -0.1) is 0 Å². The number of aromatic amines is 1. The SMILES string of the molecule is COC(=O)c1cc2cc(NCc3cc(NC(=O)c4ccnc(C)c4)ccc3C)cnc2[nH]1. The quantitative estimate of drug-likeness (QED) is 0.396. The lowest BCUT2D eigenvalue weighted by molar-refractivity contribution is 0.0595. The van der Waals surface area contributed by atoms with Gasteiger partial charge in [0, 0.05) is 35.1 Å². The number of fused-ring (bicyclic) bond motifs is 1. The van der Waals surface area contributed by atoms with E-state index in [0.29, 0.717) is 29.1 Å². The van der Waals surface area contributed by atoms with Crippen molar-refractivity contribution in [1.29, 1.82) is 0 Å². The molecule has 0 saturated carbocycles. The summed E-state index contributed by atoms with van der Waals surface area (Å²) in [5.74, 6) is -0.615. The van der Waals surface area contributed by atoms with Crippen LogP contribution in [0.25, 0.3) is 11.0 Å². The molecule has 0 spiro atoms. The molecule has 8 heteroatoms. The lowest BCUT2D eigenvalue weighted by Gasteiger charge is -2.12. The summed E-state index contributed by atoms with van der Waals surface area (Å²) in [5, 5.41) is 7.10. The van der Waals surface area contributed by atoms with Crippen LogP contribution in [-0.4, -0.2) is 33.9 Å². The molecular formula is C24H23N5O3. The van der Waals surface area contributed by atoms with Crippen molar-refractivity contribution >= 4 is 34.3 Å². The summed E-state index contributed by atoms with van der Waals surface area (Å²) in [6, 6.07) is 12.9. The van der Waals surface area contributed by atoms with Crippen LogP contribution in [0.1, 0.15) is 37.7 Å². The highest BCUT2D eigenvalue weighted by molar-refractivity contribution is 6.04. The smallest absolute Gasteiger partial charge is 0.354 e. The van der Waals surface area contributed by atoms with Gasteiger partial charge < -0.3 is 20.4 Å². The number of amides is 1. The van der Waals surface area contributed by atoms with E-state index in [1.165, 1.54) is 7.11 Å². The fraction of sp³-hybridized carbons (Fsp3) is 0.167. The number of hydrogen-bond donors (Lipinski definition) is 3. The summed E-state index contributed by atoms with van der Waals surface area (Å²) < 4.78 is 4.74. The zero-order valence-corrected chi connectivity index (χ0v) is 18.0. The van der Waals surface area contributed by atoms with Gasteiger partial charge in [-0.2, -0.15) is 0 Å². The van der Waals surface area contributed by atoms with Gasteiger partial charge in [0.25, 0.3) is 5.91 Å². The average Bonchev–Trinajstić information content (AvgIpc) is 3.22. The highest BCUT2D eigenvalue weighted by Crippen LogP contribution is 2.21. The number of carbonyl (C=O) groups excluding carboxylic acids is 2. The van der Waals surface area contributed by atoms with Crippen LogP contribution < -0.4 is 10.6 Å². The molecule has 1 amide bonds. The minimum absolute atomic E-state index is 0.179. The Labute approximate surface area is 185 Å². The van der Waals surface area contributed by atoms with E-state index >= 15 is 0 Å². The number of H-pyrrole nitrogens is 1. The Hall–Kier alpha value is -4.20. The van der Waals surface area contributed by atoms with Crippen molar-refractivity contribution in [2.75, 3.05) is 17.7 Å². The summed E-state index contributed by atoms with van der Waals surface area (Å²) in [4.78, 5) is 35.7. The third kappa shape index (κ3) is 4.59. The van der Waals surface area contributed by atoms with Gasteiger partial charge in [-0.25, -0.2) is 9.78 Å². The molecule has 8 nitrogen and oxygen atoms in total. The molecule has 0 radical (unpaired) electrons. The Kier molecular flexibility index (Phi) is 5.85. The van der Waals surface area contributed by atoms with Crippen molar-refractivity contribution in [3.63, 3.8) is 0 Å². The van der Waals surface area contributed by atoms with Gasteiger partial charge in [-0.3, -0.25) is 9.78 Å². The lowest BCUT2D eigenvalue weighted by Crippen LogP contribution is -2.13. The fourth-order valence-corrected chi connectivity index (χ4v) is 3.36. The molecule has 3 heterocycles. The predicted octanol–water partition coefficient (Wildman–Crippen LogP) is 4.23. The Morgan fingerprint density at radius 1 is 1.03 bits per heavy atom.